The van der Waals surface area contributed by atoms with Crippen molar-refractivity contribution < 1.29 is 14.4 Å². The number of aliphatic imine (C=N–C) groups is 2. The van der Waals surface area contributed by atoms with Crippen molar-refractivity contribution in [1.29, 1.82) is 0 Å². The van der Waals surface area contributed by atoms with Crippen molar-refractivity contribution in [2.75, 3.05) is 5.32 Å². The van der Waals surface area contributed by atoms with E-state index < -0.39 is 5.91 Å². The zero-order chi connectivity index (χ0) is 15.7. The van der Waals surface area contributed by atoms with Gasteiger partial charge in [0.2, 0.25) is 5.78 Å². The van der Waals surface area contributed by atoms with Gasteiger partial charge in [-0.2, -0.15) is 4.99 Å². The SMILES string of the molecule is CC(=O)c1ccccc1NC1=CC(=O)C2=NC=NC(=O)C2=C1. The lowest BCUT2D eigenvalue weighted by Crippen LogP contribution is -2.27. The maximum Gasteiger partial charge on any atom is 0.280 e. The van der Waals surface area contributed by atoms with E-state index in [1.165, 1.54) is 19.1 Å². The molecule has 0 atom stereocenters. The molecule has 1 amide bonds. The molecular formula is C16H11N3O3. The van der Waals surface area contributed by atoms with Gasteiger partial charge in [-0.15, -0.1) is 0 Å². The summed E-state index contributed by atoms with van der Waals surface area (Å²) in [5.74, 6) is -0.982. The highest BCUT2D eigenvalue weighted by Crippen LogP contribution is 2.22. The predicted octanol–water partition coefficient (Wildman–Crippen LogP) is 1.70. The molecule has 2 aliphatic rings. The minimum atomic E-state index is -0.509. The fourth-order valence-electron chi connectivity index (χ4n) is 2.24. The van der Waals surface area contributed by atoms with E-state index in [4.69, 9.17) is 0 Å². The average molecular weight is 293 g/mol. The first kappa shape index (κ1) is 13.8. The van der Waals surface area contributed by atoms with Gasteiger partial charge in [-0.3, -0.25) is 14.4 Å². The van der Waals surface area contributed by atoms with Crippen molar-refractivity contribution in [2.45, 2.75) is 6.92 Å². The van der Waals surface area contributed by atoms with Crippen molar-refractivity contribution in [3.63, 3.8) is 0 Å². The maximum atomic E-state index is 12.0. The summed E-state index contributed by atoms with van der Waals surface area (Å²) in [4.78, 5) is 42.8. The van der Waals surface area contributed by atoms with Crippen LogP contribution in [-0.2, 0) is 9.59 Å². The molecule has 1 N–H and O–H groups in total. The highest BCUT2D eigenvalue weighted by Gasteiger charge is 2.27. The summed E-state index contributed by atoms with van der Waals surface area (Å²) in [6.45, 7) is 1.46. The van der Waals surface area contributed by atoms with Gasteiger partial charge in [-0.1, -0.05) is 12.1 Å². The minimum absolute atomic E-state index is 0.0883. The minimum Gasteiger partial charge on any atom is -0.355 e. The number of Topliss-reactive ketones (excluding diaryl/α,β-unsaturated/α-hetero) is 1. The summed E-state index contributed by atoms with van der Waals surface area (Å²) in [6.07, 6.45) is 3.92. The van der Waals surface area contributed by atoms with Crippen LogP contribution in [0.25, 0.3) is 0 Å². The lowest BCUT2D eigenvalue weighted by Gasteiger charge is -2.17. The van der Waals surface area contributed by atoms with Crippen molar-refractivity contribution in [3.8, 4) is 0 Å². The Labute approximate surface area is 126 Å². The van der Waals surface area contributed by atoms with Gasteiger partial charge in [0.15, 0.2) is 5.78 Å². The number of nitrogens with one attached hydrogen (secondary N) is 1. The van der Waals surface area contributed by atoms with Gasteiger partial charge < -0.3 is 5.32 Å². The van der Waals surface area contributed by atoms with E-state index in [9.17, 15) is 14.4 Å². The first-order valence-electron chi connectivity index (χ1n) is 6.56. The molecule has 6 nitrogen and oxygen atoms in total. The fourth-order valence-corrected chi connectivity index (χ4v) is 2.24. The topological polar surface area (TPSA) is 88.0 Å². The first-order chi connectivity index (χ1) is 10.6. The molecule has 0 spiro atoms. The van der Waals surface area contributed by atoms with Gasteiger partial charge in [-0.25, -0.2) is 4.99 Å². The summed E-state index contributed by atoms with van der Waals surface area (Å²) in [5.41, 5.74) is 1.72. The fraction of sp³-hybridized carbons (Fsp3) is 0.0625. The van der Waals surface area contributed by atoms with Crippen LogP contribution in [0.2, 0.25) is 0 Å². The Kier molecular flexibility index (Phi) is 3.34. The van der Waals surface area contributed by atoms with Crippen molar-refractivity contribution in [3.05, 3.63) is 53.3 Å². The lowest BCUT2D eigenvalue weighted by atomic mass is 9.97. The number of carbonyl (C=O) groups excluding carboxylic acids is 3. The number of nitrogens with zero attached hydrogens (tertiary/aromatic N) is 2. The molecular weight excluding hydrogens is 282 g/mol. The molecule has 6 heteroatoms. The second kappa shape index (κ2) is 5.33. The number of rotatable bonds is 3. The molecule has 0 unspecified atom stereocenters. The Balaban J connectivity index is 1.97. The summed E-state index contributed by atoms with van der Waals surface area (Å²) < 4.78 is 0. The molecule has 0 aromatic heterocycles. The smallest absolute Gasteiger partial charge is 0.280 e. The predicted molar refractivity (Wildman–Crippen MR) is 82.2 cm³/mol. The normalized spacial score (nSPS) is 16.5. The summed E-state index contributed by atoms with van der Waals surface area (Å²) >= 11 is 0. The monoisotopic (exact) mass is 293 g/mol. The van der Waals surface area contributed by atoms with E-state index in [1.807, 2.05) is 0 Å². The van der Waals surface area contributed by atoms with Gasteiger partial charge in [0, 0.05) is 23.0 Å². The molecule has 1 heterocycles. The van der Waals surface area contributed by atoms with Gasteiger partial charge in [0.25, 0.3) is 5.91 Å². The molecule has 0 saturated heterocycles. The zero-order valence-corrected chi connectivity index (χ0v) is 11.7. The number of hydrogen-bond donors (Lipinski definition) is 1. The highest BCUT2D eigenvalue weighted by atomic mass is 16.2. The van der Waals surface area contributed by atoms with Crippen LogP contribution in [-0.4, -0.2) is 29.5 Å². The molecule has 1 aromatic carbocycles. The third-order valence-corrected chi connectivity index (χ3v) is 3.25. The molecule has 0 saturated carbocycles. The Hall–Kier alpha value is -3.15. The molecule has 1 aliphatic carbocycles. The van der Waals surface area contributed by atoms with Crippen molar-refractivity contribution in [1.82, 2.24) is 0 Å². The largest absolute Gasteiger partial charge is 0.355 e. The van der Waals surface area contributed by atoms with Crippen LogP contribution in [0.4, 0.5) is 5.69 Å². The van der Waals surface area contributed by atoms with Gasteiger partial charge in [0.1, 0.15) is 12.1 Å². The van der Waals surface area contributed by atoms with Crippen LogP contribution in [0.15, 0.2) is 57.7 Å². The number of carbonyl (C=O) groups is 3. The van der Waals surface area contributed by atoms with Gasteiger partial charge in [-0.05, 0) is 25.1 Å². The second-order valence-electron chi connectivity index (χ2n) is 4.78. The van der Waals surface area contributed by atoms with E-state index in [0.29, 0.717) is 16.9 Å². The summed E-state index contributed by atoms with van der Waals surface area (Å²) in [6, 6.07) is 6.94. The standard InChI is InChI=1S/C16H11N3O3/c1-9(20)11-4-2-3-5-13(11)19-10-6-12-15(14(21)7-10)17-8-18-16(12)22/h2-8,19H,1H3. The molecule has 22 heavy (non-hydrogen) atoms. The van der Waals surface area contributed by atoms with Crippen LogP contribution in [0.5, 0.6) is 0 Å². The Morgan fingerprint density at radius 3 is 2.68 bits per heavy atom. The number of anilines is 1. The number of benzene rings is 1. The molecule has 108 valence electrons. The molecule has 0 radical (unpaired) electrons. The summed E-state index contributed by atoms with van der Waals surface area (Å²) in [7, 11) is 0. The van der Waals surface area contributed by atoms with E-state index in [2.05, 4.69) is 15.3 Å². The van der Waals surface area contributed by atoms with Gasteiger partial charge in [0.05, 0.1) is 5.57 Å². The van der Waals surface area contributed by atoms with E-state index in [-0.39, 0.29) is 22.9 Å². The highest BCUT2D eigenvalue weighted by molar-refractivity contribution is 6.57. The van der Waals surface area contributed by atoms with Crippen LogP contribution >= 0.6 is 0 Å². The number of allylic oxidation sites excluding steroid dienone is 2. The Morgan fingerprint density at radius 2 is 1.91 bits per heavy atom. The Bertz CT molecular complexity index is 829. The average Bonchev–Trinajstić information content (AvgIpc) is 2.49. The number of fused-ring (bicyclic) bond motifs is 1. The van der Waals surface area contributed by atoms with Gasteiger partial charge >= 0.3 is 0 Å². The van der Waals surface area contributed by atoms with Crippen LogP contribution < -0.4 is 5.32 Å². The number of hydrogen-bond acceptors (Lipinski definition) is 5. The molecule has 1 aliphatic heterocycles. The van der Waals surface area contributed by atoms with Crippen molar-refractivity contribution in [2.24, 2.45) is 9.98 Å². The van der Waals surface area contributed by atoms with Crippen molar-refractivity contribution >= 4 is 35.2 Å². The second-order valence-corrected chi connectivity index (χ2v) is 4.78. The van der Waals surface area contributed by atoms with E-state index >= 15 is 0 Å². The molecule has 1 aromatic rings. The molecule has 3 rings (SSSR count). The number of amides is 1. The third-order valence-electron chi connectivity index (χ3n) is 3.25. The first-order valence-corrected chi connectivity index (χ1v) is 6.56. The number of ketones is 2. The maximum absolute atomic E-state index is 12.0. The molecule has 0 fully saturated rings. The Morgan fingerprint density at radius 1 is 1.14 bits per heavy atom. The number of para-hydroxylation sites is 1. The molecule has 0 bridgehead atoms. The third kappa shape index (κ3) is 2.42. The van der Waals surface area contributed by atoms with Crippen LogP contribution in [0.1, 0.15) is 17.3 Å². The van der Waals surface area contributed by atoms with Crippen LogP contribution in [0.3, 0.4) is 0 Å². The zero-order valence-electron chi connectivity index (χ0n) is 11.7. The quantitative estimate of drug-likeness (QED) is 0.678. The lowest BCUT2D eigenvalue weighted by molar-refractivity contribution is -0.114. The summed E-state index contributed by atoms with van der Waals surface area (Å²) in [5, 5.41) is 3.00. The van der Waals surface area contributed by atoms with E-state index in [1.54, 1.807) is 24.3 Å². The van der Waals surface area contributed by atoms with Crippen LogP contribution in [0, 0.1) is 0 Å². The van der Waals surface area contributed by atoms with E-state index in [0.717, 1.165) is 6.34 Å².